The molecule has 2 aromatic rings. The minimum Gasteiger partial charge on any atom is -0.489 e. The smallest absolute Gasteiger partial charge is 0.187 e. The predicted octanol–water partition coefficient (Wildman–Crippen LogP) is 4.87. The van der Waals surface area contributed by atoms with Gasteiger partial charge >= 0.3 is 0 Å². The highest BCUT2D eigenvalue weighted by molar-refractivity contribution is 6.12. The molecule has 130 valence electrons. The quantitative estimate of drug-likeness (QED) is 0.373. The fourth-order valence-corrected chi connectivity index (χ4v) is 2.67. The summed E-state index contributed by atoms with van der Waals surface area (Å²) in [5.74, 6) is 0.899. The maximum absolute atomic E-state index is 9.28. The fourth-order valence-electron chi connectivity index (χ4n) is 2.67. The molecule has 0 aliphatic carbocycles. The molecule has 2 aromatic carbocycles. The van der Waals surface area contributed by atoms with Crippen molar-refractivity contribution >= 4 is 5.71 Å². The van der Waals surface area contributed by atoms with Gasteiger partial charge in [-0.15, -0.1) is 0 Å². The van der Waals surface area contributed by atoms with Crippen LogP contribution < -0.4 is 4.74 Å². The van der Waals surface area contributed by atoms with E-state index in [4.69, 9.17) is 9.57 Å². The maximum Gasteiger partial charge on any atom is 0.187 e. The molecular formula is C21H24N2O2. The van der Waals surface area contributed by atoms with Crippen LogP contribution in [0.2, 0.25) is 0 Å². The maximum atomic E-state index is 9.28. The standard InChI is InChI=1S/C21H24N2O2/c1-3-4-5-10-17-11-7-9-14-21(17)25-16-18-12-6-8-13-19(18)20(15-22)23-24-2/h6-9,11-14H,3-5,10,16H2,1-2H3/b23-20-. The van der Waals surface area contributed by atoms with E-state index in [0.29, 0.717) is 6.61 Å². The summed E-state index contributed by atoms with van der Waals surface area (Å²) in [6, 6.07) is 17.8. The Hall–Kier alpha value is -2.80. The first-order chi connectivity index (χ1) is 12.3. The highest BCUT2D eigenvalue weighted by atomic mass is 16.6. The Kier molecular flexibility index (Phi) is 7.52. The van der Waals surface area contributed by atoms with Crippen LogP contribution in [0.3, 0.4) is 0 Å². The van der Waals surface area contributed by atoms with Crippen LogP contribution in [0.15, 0.2) is 53.7 Å². The van der Waals surface area contributed by atoms with E-state index in [1.165, 1.54) is 25.5 Å². The van der Waals surface area contributed by atoms with Gasteiger partial charge in [-0.2, -0.15) is 5.26 Å². The lowest BCUT2D eigenvalue weighted by atomic mass is 10.0. The summed E-state index contributed by atoms with van der Waals surface area (Å²) in [5.41, 5.74) is 3.11. The minimum atomic E-state index is 0.248. The van der Waals surface area contributed by atoms with Crippen molar-refractivity contribution in [2.45, 2.75) is 39.2 Å². The molecule has 0 heterocycles. The van der Waals surface area contributed by atoms with Crippen LogP contribution in [-0.4, -0.2) is 12.8 Å². The molecule has 0 unspecified atom stereocenters. The zero-order valence-electron chi connectivity index (χ0n) is 14.9. The van der Waals surface area contributed by atoms with Gasteiger partial charge in [0.15, 0.2) is 5.71 Å². The second-order valence-electron chi connectivity index (χ2n) is 5.74. The lowest BCUT2D eigenvalue weighted by Gasteiger charge is -2.13. The number of nitriles is 1. The van der Waals surface area contributed by atoms with Crippen molar-refractivity contribution in [1.82, 2.24) is 0 Å². The number of nitrogens with zero attached hydrogens (tertiary/aromatic N) is 2. The summed E-state index contributed by atoms with van der Waals surface area (Å²) >= 11 is 0. The van der Waals surface area contributed by atoms with E-state index >= 15 is 0 Å². The molecule has 0 saturated heterocycles. The van der Waals surface area contributed by atoms with Gasteiger partial charge in [-0.3, -0.25) is 0 Å². The first kappa shape index (κ1) is 18.5. The second-order valence-corrected chi connectivity index (χ2v) is 5.74. The van der Waals surface area contributed by atoms with E-state index in [1.807, 2.05) is 42.5 Å². The van der Waals surface area contributed by atoms with Crippen LogP contribution >= 0.6 is 0 Å². The molecule has 0 bridgehead atoms. The molecule has 0 aromatic heterocycles. The number of oxime groups is 1. The largest absolute Gasteiger partial charge is 0.489 e. The van der Waals surface area contributed by atoms with Gasteiger partial charge in [0.2, 0.25) is 0 Å². The van der Waals surface area contributed by atoms with Gasteiger partial charge < -0.3 is 9.57 Å². The summed E-state index contributed by atoms with van der Waals surface area (Å²) in [7, 11) is 1.43. The van der Waals surface area contributed by atoms with Crippen molar-refractivity contribution in [3.8, 4) is 11.8 Å². The molecule has 0 saturated carbocycles. The molecule has 25 heavy (non-hydrogen) atoms. The summed E-state index contributed by atoms with van der Waals surface area (Å²) in [4.78, 5) is 4.77. The Morgan fingerprint density at radius 1 is 1.04 bits per heavy atom. The molecule has 0 radical (unpaired) electrons. The summed E-state index contributed by atoms with van der Waals surface area (Å²) < 4.78 is 6.06. The molecule has 0 atom stereocenters. The molecular weight excluding hydrogens is 312 g/mol. The number of hydrogen-bond acceptors (Lipinski definition) is 4. The van der Waals surface area contributed by atoms with Gasteiger partial charge in [0.05, 0.1) is 0 Å². The number of unbranched alkanes of at least 4 members (excludes halogenated alkanes) is 2. The molecule has 0 amide bonds. The summed E-state index contributed by atoms with van der Waals surface area (Å²) in [6.45, 7) is 2.58. The third kappa shape index (κ3) is 5.36. The first-order valence-corrected chi connectivity index (χ1v) is 8.60. The SMILES string of the molecule is CCCCCc1ccccc1OCc1ccccc1/C(C#N)=N\OC. The van der Waals surface area contributed by atoms with Gasteiger partial charge in [0.25, 0.3) is 0 Å². The Labute approximate surface area is 149 Å². The minimum absolute atomic E-state index is 0.248. The van der Waals surface area contributed by atoms with Crippen molar-refractivity contribution in [2.75, 3.05) is 7.11 Å². The van der Waals surface area contributed by atoms with Crippen molar-refractivity contribution < 1.29 is 9.57 Å². The van der Waals surface area contributed by atoms with E-state index in [2.05, 4.69) is 24.2 Å². The topological polar surface area (TPSA) is 54.6 Å². The molecule has 0 aliphatic rings. The van der Waals surface area contributed by atoms with Gasteiger partial charge in [0.1, 0.15) is 25.5 Å². The Bertz CT molecular complexity index is 748. The predicted molar refractivity (Wildman–Crippen MR) is 99.6 cm³/mol. The van der Waals surface area contributed by atoms with E-state index in [-0.39, 0.29) is 5.71 Å². The lowest BCUT2D eigenvalue weighted by Crippen LogP contribution is -2.07. The number of aryl methyl sites for hydroxylation is 1. The normalized spacial score (nSPS) is 11.0. The van der Waals surface area contributed by atoms with Gasteiger partial charge in [-0.05, 0) is 30.0 Å². The third-order valence-corrected chi connectivity index (χ3v) is 3.97. The monoisotopic (exact) mass is 336 g/mol. The van der Waals surface area contributed by atoms with Crippen molar-refractivity contribution in [3.63, 3.8) is 0 Å². The van der Waals surface area contributed by atoms with E-state index < -0.39 is 0 Å². The molecule has 0 N–H and O–H groups in total. The average molecular weight is 336 g/mol. The molecule has 4 heteroatoms. The molecule has 0 spiro atoms. The first-order valence-electron chi connectivity index (χ1n) is 8.60. The van der Waals surface area contributed by atoms with E-state index in [1.54, 1.807) is 0 Å². The van der Waals surface area contributed by atoms with Crippen molar-refractivity contribution in [1.29, 1.82) is 5.26 Å². The third-order valence-electron chi connectivity index (χ3n) is 3.97. The van der Waals surface area contributed by atoms with E-state index in [0.717, 1.165) is 29.7 Å². The van der Waals surface area contributed by atoms with Crippen LogP contribution in [0, 0.1) is 11.3 Å². The van der Waals surface area contributed by atoms with E-state index in [9.17, 15) is 5.26 Å². The second kappa shape index (κ2) is 10.1. The molecule has 0 aliphatic heterocycles. The Morgan fingerprint density at radius 3 is 2.48 bits per heavy atom. The van der Waals surface area contributed by atoms with Gasteiger partial charge in [0, 0.05) is 5.56 Å². The zero-order chi connectivity index (χ0) is 17.9. The van der Waals surface area contributed by atoms with Crippen LogP contribution in [0.4, 0.5) is 0 Å². The molecule has 0 fully saturated rings. The molecule has 4 nitrogen and oxygen atoms in total. The number of hydrogen-bond donors (Lipinski definition) is 0. The van der Waals surface area contributed by atoms with Crippen molar-refractivity contribution in [2.24, 2.45) is 5.16 Å². The number of rotatable bonds is 9. The number of benzene rings is 2. The van der Waals surface area contributed by atoms with Crippen LogP contribution in [0.25, 0.3) is 0 Å². The van der Waals surface area contributed by atoms with Gasteiger partial charge in [-0.1, -0.05) is 67.4 Å². The van der Waals surface area contributed by atoms with Gasteiger partial charge in [-0.25, -0.2) is 0 Å². The summed E-state index contributed by atoms with van der Waals surface area (Å²) in [6.07, 6.45) is 4.59. The van der Waals surface area contributed by atoms with Crippen LogP contribution in [0.5, 0.6) is 5.75 Å². The van der Waals surface area contributed by atoms with Crippen LogP contribution in [-0.2, 0) is 17.9 Å². The fraction of sp³-hybridized carbons (Fsp3) is 0.333. The Morgan fingerprint density at radius 2 is 1.76 bits per heavy atom. The number of para-hydroxylation sites is 1. The lowest BCUT2D eigenvalue weighted by molar-refractivity contribution is 0.214. The zero-order valence-corrected chi connectivity index (χ0v) is 14.9. The highest BCUT2D eigenvalue weighted by Crippen LogP contribution is 2.22. The van der Waals surface area contributed by atoms with Crippen molar-refractivity contribution in [3.05, 3.63) is 65.2 Å². The summed E-state index contributed by atoms with van der Waals surface area (Å²) in [5, 5.41) is 13.1. The highest BCUT2D eigenvalue weighted by Gasteiger charge is 2.11. The number of ether oxygens (including phenoxy) is 1. The Balaban J connectivity index is 2.15. The average Bonchev–Trinajstić information content (AvgIpc) is 2.66. The van der Waals surface area contributed by atoms with Crippen LogP contribution in [0.1, 0.15) is 42.9 Å². The molecule has 2 rings (SSSR count).